The van der Waals surface area contributed by atoms with E-state index in [1.165, 1.54) is 6.07 Å². The van der Waals surface area contributed by atoms with E-state index >= 15 is 0 Å². The smallest absolute Gasteiger partial charge is 0.337 e. The van der Waals surface area contributed by atoms with Gasteiger partial charge in [-0.2, -0.15) is 5.26 Å². The Kier molecular flexibility index (Phi) is 4.21. The topological polar surface area (TPSA) is 90.6 Å². The normalized spacial score (nSPS) is 13.6. The fourth-order valence-electron chi connectivity index (χ4n) is 1.45. The Labute approximate surface area is 98.9 Å². The quantitative estimate of drug-likeness (QED) is 0.741. The van der Waals surface area contributed by atoms with Crippen molar-refractivity contribution in [2.45, 2.75) is 19.1 Å². The fraction of sp³-hybridized carbons (Fsp3) is 0.333. The van der Waals surface area contributed by atoms with Gasteiger partial charge in [-0.1, -0.05) is 17.7 Å². The molecule has 1 aromatic rings. The third-order valence-electron chi connectivity index (χ3n) is 2.39. The van der Waals surface area contributed by atoms with Gasteiger partial charge in [0.25, 0.3) is 0 Å². The summed E-state index contributed by atoms with van der Waals surface area (Å²) in [5.41, 5.74) is 1.24. The second-order valence-electron chi connectivity index (χ2n) is 3.62. The number of nitrogens with zero attached hydrogens (tertiary/aromatic N) is 1. The molecule has 5 nitrogen and oxygen atoms in total. The Morgan fingerprint density at radius 3 is 2.65 bits per heavy atom. The van der Waals surface area contributed by atoms with Gasteiger partial charge in [0.1, 0.15) is 6.10 Å². The van der Waals surface area contributed by atoms with Gasteiger partial charge in [0.2, 0.25) is 0 Å². The Hall–Kier alpha value is -1.90. The number of aliphatic hydroxyl groups excluding tert-OH is 2. The molecule has 5 heteroatoms. The molecular formula is C12H13NO4. The summed E-state index contributed by atoms with van der Waals surface area (Å²) in [5.74, 6) is -0.942. The summed E-state index contributed by atoms with van der Waals surface area (Å²) < 4.78 is 4.33. The summed E-state index contributed by atoms with van der Waals surface area (Å²) in [4.78, 5) is 11.1. The van der Waals surface area contributed by atoms with Gasteiger partial charge in [0.15, 0.2) is 6.10 Å². The number of hydrogen-bond acceptors (Lipinski definition) is 5. The highest BCUT2D eigenvalue weighted by molar-refractivity contribution is 5.75. The number of aryl methyl sites for hydroxylation is 1. The maximum Gasteiger partial charge on any atom is 0.337 e. The maximum atomic E-state index is 11.1. The van der Waals surface area contributed by atoms with Crippen LogP contribution in [0.1, 0.15) is 22.8 Å². The average molecular weight is 235 g/mol. The summed E-state index contributed by atoms with van der Waals surface area (Å²) in [5, 5.41) is 28.2. The molecule has 0 aliphatic rings. The van der Waals surface area contributed by atoms with Gasteiger partial charge in [-0.25, -0.2) is 4.79 Å². The lowest BCUT2D eigenvalue weighted by molar-refractivity contribution is -0.156. The molecule has 0 radical (unpaired) electrons. The van der Waals surface area contributed by atoms with E-state index in [4.69, 9.17) is 5.26 Å². The molecule has 0 aromatic heterocycles. The van der Waals surface area contributed by atoms with E-state index in [-0.39, 0.29) is 11.1 Å². The number of methoxy groups -OCH3 is 1. The monoisotopic (exact) mass is 235 g/mol. The van der Waals surface area contributed by atoms with Crippen molar-refractivity contribution in [2.24, 2.45) is 0 Å². The summed E-state index contributed by atoms with van der Waals surface area (Å²) in [7, 11) is 1.11. The molecule has 1 rings (SSSR count). The van der Waals surface area contributed by atoms with Crippen molar-refractivity contribution >= 4 is 5.97 Å². The van der Waals surface area contributed by atoms with Gasteiger partial charge in [-0.3, -0.25) is 0 Å². The number of ether oxygens (including phenoxy) is 1. The number of carbonyl (C=O) groups excluding carboxylic acids is 1. The van der Waals surface area contributed by atoms with Crippen LogP contribution in [0, 0.1) is 18.3 Å². The Balaban J connectivity index is 3.11. The van der Waals surface area contributed by atoms with Crippen molar-refractivity contribution in [1.29, 1.82) is 5.26 Å². The average Bonchev–Trinajstić information content (AvgIpc) is 2.35. The maximum absolute atomic E-state index is 11.1. The number of nitriles is 1. The third kappa shape index (κ3) is 2.81. The Morgan fingerprint density at radius 2 is 2.12 bits per heavy atom. The van der Waals surface area contributed by atoms with E-state index in [9.17, 15) is 15.0 Å². The van der Waals surface area contributed by atoms with Crippen LogP contribution < -0.4 is 0 Å². The van der Waals surface area contributed by atoms with Crippen LogP contribution >= 0.6 is 0 Å². The number of hydrogen-bond donors (Lipinski definition) is 2. The van der Waals surface area contributed by atoms with Crippen LogP contribution in [0.3, 0.4) is 0 Å². The minimum atomic E-state index is -1.70. The van der Waals surface area contributed by atoms with E-state index in [1.54, 1.807) is 19.1 Å². The standard InChI is InChI=1S/C12H13NO4/c1-7-3-4-8(6-13)9(5-7)10(14)11(15)12(16)17-2/h3-5,10-11,14-15H,1-2H3. The van der Waals surface area contributed by atoms with Crippen LogP contribution in [0.5, 0.6) is 0 Å². The van der Waals surface area contributed by atoms with Crippen LogP contribution in [0.25, 0.3) is 0 Å². The highest BCUT2D eigenvalue weighted by atomic mass is 16.5. The molecule has 0 saturated heterocycles. The van der Waals surface area contributed by atoms with Crippen LogP contribution in [0.4, 0.5) is 0 Å². The van der Waals surface area contributed by atoms with Crippen molar-refractivity contribution in [2.75, 3.05) is 7.11 Å². The number of aliphatic hydroxyl groups is 2. The zero-order valence-corrected chi connectivity index (χ0v) is 9.54. The first-order valence-corrected chi connectivity index (χ1v) is 4.96. The molecule has 2 N–H and O–H groups in total. The molecule has 0 spiro atoms. The van der Waals surface area contributed by atoms with Crippen molar-refractivity contribution < 1.29 is 19.7 Å². The second kappa shape index (κ2) is 5.43. The molecule has 0 heterocycles. The molecule has 0 amide bonds. The number of carbonyl (C=O) groups is 1. The molecule has 0 saturated carbocycles. The first-order valence-electron chi connectivity index (χ1n) is 4.96. The van der Waals surface area contributed by atoms with Crippen molar-refractivity contribution in [3.8, 4) is 6.07 Å². The number of benzene rings is 1. The summed E-state index contributed by atoms with van der Waals surface area (Å²) in [6, 6.07) is 6.68. The minimum Gasteiger partial charge on any atom is -0.467 e. The van der Waals surface area contributed by atoms with Crippen molar-refractivity contribution in [3.63, 3.8) is 0 Å². The summed E-state index contributed by atoms with van der Waals surface area (Å²) in [6.45, 7) is 1.78. The van der Waals surface area contributed by atoms with E-state index in [0.29, 0.717) is 0 Å². The zero-order chi connectivity index (χ0) is 13.0. The molecule has 17 heavy (non-hydrogen) atoms. The molecular weight excluding hydrogens is 222 g/mol. The first kappa shape index (κ1) is 13.2. The van der Waals surface area contributed by atoms with Gasteiger partial charge < -0.3 is 14.9 Å². The lowest BCUT2D eigenvalue weighted by Crippen LogP contribution is -2.29. The molecule has 90 valence electrons. The van der Waals surface area contributed by atoms with Crippen LogP contribution in [-0.2, 0) is 9.53 Å². The first-order chi connectivity index (χ1) is 8.01. The molecule has 2 unspecified atom stereocenters. The highest BCUT2D eigenvalue weighted by Gasteiger charge is 2.28. The molecule has 2 atom stereocenters. The Morgan fingerprint density at radius 1 is 1.47 bits per heavy atom. The van der Waals surface area contributed by atoms with Gasteiger partial charge in [0, 0.05) is 5.56 Å². The molecule has 0 aliphatic carbocycles. The largest absolute Gasteiger partial charge is 0.467 e. The van der Waals surface area contributed by atoms with Crippen LogP contribution in [0.2, 0.25) is 0 Å². The third-order valence-corrected chi connectivity index (χ3v) is 2.39. The van der Waals surface area contributed by atoms with Gasteiger partial charge in [0.05, 0.1) is 18.7 Å². The molecule has 1 aromatic carbocycles. The van der Waals surface area contributed by atoms with E-state index < -0.39 is 18.2 Å². The van der Waals surface area contributed by atoms with Crippen molar-refractivity contribution in [3.05, 3.63) is 34.9 Å². The number of esters is 1. The van der Waals surface area contributed by atoms with Crippen LogP contribution in [0.15, 0.2) is 18.2 Å². The van der Waals surface area contributed by atoms with Gasteiger partial charge in [-0.15, -0.1) is 0 Å². The van der Waals surface area contributed by atoms with E-state index in [1.807, 2.05) is 6.07 Å². The van der Waals surface area contributed by atoms with Crippen LogP contribution in [-0.4, -0.2) is 29.4 Å². The summed E-state index contributed by atoms with van der Waals surface area (Å²) in [6.07, 6.45) is -3.18. The zero-order valence-electron chi connectivity index (χ0n) is 9.54. The SMILES string of the molecule is COC(=O)C(O)C(O)c1cc(C)ccc1C#N. The lowest BCUT2D eigenvalue weighted by atomic mass is 9.97. The molecule has 0 fully saturated rings. The van der Waals surface area contributed by atoms with E-state index in [2.05, 4.69) is 4.74 Å². The fourth-order valence-corrected chi connectivity index (χ4v) is 1.45. The van der Waals surface area contributed by atoms with Gasteiger partial charge in [-0.05, 0) is 13.0 Å². The summed E-state index contributed by atoms with van der Waals surface area (Å²) >= 11 is 0. The Bertz CT molecular complexity index is 464. The highest BCUT2D eigenvalue weighted by Crippen LogP contribution is 2.22. The molecule has 0 aliphatic heterocycles. The lowest BCUT2D eigenvalue weighted by Gasteiger charge is -2.17. The van der Waals surface area contributed by atoms with E-state index in [0.717, 1.165) is 12.7 Å². The van der Waals surface area contributed by atoms with Crippen molar-refractivity contribution in [1.82, 2.24) is 0 Å². The van der Waals surface area contributed by atoms with Gasteiger partial charge >= 0.3 is 5.97 Å². The predicted octanol–water partition coefficient (Wildman–Crippen LogP) is 0.434. The second-order valence-corrected chi connectivity index (χ2v) is 3.62. The minimum absolute atomic E-state index is 0.213. The molecule has 0 bridgehead atoms. The predicted molar refractivity (Wildman–Crippen MR) is 58.9 cm³/mol. The number of rotatable bonds is 3.